The number of benzene rings is 1. The minimum absolute atomic E-state index is 0.384. The first-order chi connectivity index (χ1) is 14.2. The van der Waals surface area contributed by atoms with E-state index in [-0.39, 0.29) is 0 Å². The molecule has 0 unspecified atom stereocenters. The normalized spacial score (nSPS) is 15.3. The van der Waals surface area contributed by atoms with Crippen molar-refractivity contribution in [1.29, 1.82) is 0 Å². The minimum atomic E-state index is -0.958. The van der Waals surface area contributed by atoms with Gasteiger partial charge < -0.3 is 15.4 Å². The van der Waals surface area contributed by atoms with Crippen LogP contribution in [0.25, 0.3) is 0 Å². The molecule has 0 saturated carbocycles. The molecule has 0 aliphatic carbocycles. The number of nitrogens with one attached hydrogen (secondary N) is 2. The zero-order valence-corrected chi connectivity index (χ0v) is 18.1. The van der Waals surface area contributed by atoms with Gasteiger partial charge in [0, 0.05) is 5.69 Å². The summed E-state index contributed by atoms with van der Waals surface area (Å²) in [5.41, 5.74) is 0.786. The Kier molecular flexibility index (Phi) is 7.97. The van der Waals surface area contributed by atoms with Gasteiger partial charge in [-0.1, -0.05) is 52.7 Å². The average Bonchev–Trinajstić information content (AvgIpc) is 2.91. The average molecular weight is 418 g/mol. The number of carbonyl (C=O) groups excluding carboxylic acids is 4. The molecule has 0 spiro atoms. The number of imide groups is 1. The van der Waals surface area contributed by atoms with E-state index >= 15 is 0 Å². The van der Waals surface area contributed by atoms with Gasteiger partial charge in [-0.05, 0) is 36.5 Å². The summed E-state index contributed by atoms with van der Waals surface area (Å²) < 4.78 is 4.96. The van der Waals surface area contributed by atoms with Crippen LogP contribution in [0, 0.1) is 0 Å². The molecule has 1 aromatic carbocycles. The minimum Gasteiger partial charge on any atom is -0.454 e. The van der Waals surface area contributed by atoms with Gasteiger partial charge in [0.25, 0.3) is 11.8 Å². The summed E-state index contributed by atoms with van der Waals surface area (Å²) >= 11 is 0. The zero-order chi connectivity index (χ0) is 22.3. The lowest BCUT2D eigenvalue weighted by Crippen LogP contribution is -2.47. The van der Waals surface area contributed by atoms with Gasteiger partial charge in [0.2, 0.25) is 0 Å². The highest BCUT2D eigenvalue weighted by atomic mass is 16.5. The number of hydrogen-bond acceptors (Lipinski definition) is 5. The monoisotopic (exact) mass is 417 g/mol. The SMILES string of the molecule is CCCC1(CCC)NC(=O)N(CC(=O)OCC(=O)Nc2ccc(C(C)C)cc2)C1=O. The van der Waals surface area contributed by atoms with Crippen molar-refractivity contribution in [1.82, 2.24) is 10.2 Å². The van der Waals surface area contributed by atoms with Crippen LogP contribution in [0.1, 0.15) is 64.9 Å². The second-order valence-corrected chi connectivity index (χ2v) is 7.89. The second-order valence-electron chi connectivity index (χ2n) is 7.89. The number of urea groups is 1. The second kappa shape index (κ2) is 10.2. The number of hydrogen-bond donors (Lipinski definition) is 2. The van der Waals surface area contributed by atoms with Gasteiger partial charge in [-0.2, -0.15) is 0 Å². The molecule has 1 aliphatic rings. The topological polar surface area (TPSA) is 105 Å². The van der Waals surface area contributed by atoms with E-state index in [0.717, 1.165) is 23.3 Å². The maximum Gasteiger partial charge on any atom is 0.326 e. The Morgan fingerprint density at radius 2 is 1.70 bits per heavy atom. The molecule has 1 saturated heterocycles. The van der Waals surface area contributed by atoms with Crippen molar-refractivity contribution in [2.75, 3.05) is 18.5 Å². The molecule has 2 rings (SSSR count). The molecule has 1 aromatic rings. The Morgan fingerprint density at radius 3 is 2.23 bits per heavy atom. The number of rotatable bonds is 10. The van der Waals surface area contributed by atoms with E-state index in [1.54, 1.807) is 12.1 Å². The summed E-state index contributed by atoms with van der Waals surface area (Å²) in [5.74, 6) is -1.34. The predicted molar refractivity (Wildman–Crippen MR) is 113 cm³/mol. The van der Waals surface area contributed by atoms with Gasteiger partial charge in [0.1, 0.15) is 12.1 Å². The molecular weight excluding hydrogens is 386 g/mol. The first kappa shape index (κ1) is 23.4. The van der Waals surface area contributed by atoms with E-state index < -0.39 is 42.5 Å². The Balaban J connectivity index is 1.87. The first-order valence-corrected chi connectivity index (χ1v) is 10.4. The van der Waals surface area contributed by atoms with Gasteiger partial charge in [0.05, 0.1) is 0 Å². The van der Waals surface area contributed by atoms with Crippen molar-refractivity contribution in [3.63, 3.8) is 0 Å². The van der Waals surface area contributed by atoms with Gasteiger partial charge in [-0.3, -0.25) is 19.3 Å². The smallest absolute Gasteiger partial charge is 0.326 e. The highest BCUT2D eigenvalue weighted by Crippen LogP contribution is 2.28. The van der Waals surface area contributed by atoms with Crippen molar-refractivity contribution in [3.8, 4) is 0 Å². The predicted octanol–water partition coefficient (Wildman–Crippen LogP) is 3.18. The van der Waals surface area contributed by atoms with E-state index in [1.807, 2.05) is 26.0 Å². The van der Waals surface area contributed by atoms with Crippen molar-refractivity contribution >= 4 is 29.5 Å². The van der Waals surface area contributed by atoms with E-state index in [0.29, 0.717) is 24.4 Å². The third kappa shape index (κ3) is 5.58. The molecule has 30 heavy (non-hydrogen) atoms. The third-order valence-corrected chi connectivity index (χ3v) is 5.11. The fourth-order valence-corrected chi connectivity index (χ4v) is 3.61. The molecule has 2 N–H and O–H groups in total. The van der Waals surface area contributed by atoms with Crippen LogP contribution in [-0.4, -0.2) is 47.4 Å². The van der Waals surface area contributed by atoms with Gasteiger partial charge >= 0.3 is 12.0 Å². The maximum absolute atomic E-state index is 12.8. The number of amides is 4. The number of carbonyl (C=O) groups is 4. The lowest BCUT2D eigenvalue weighted by atomic mass is 9.88. The van der Waals surface area contributed by atoms with E-state index in [1.165, 1.54) is 0 Å². The molecule has 8 nitrogen and oxygen atoms in total. The molecule has 0 radical (unpaired) electrons. The van der Waals surface area contributed by atoms with E-state index in [9.17, 15) is 19.2 Å². The van der Waals surface area contributed by atoms with Gasteiger partial charge in [-0.15, -0.1) is 0 Å². The van der Waals surface area contributed by atoms with Crippen LogP contribution in [0.5, 0.6) is 0 Å². The number of esters is 1. The molecule has 0 bridgehead atoms. The summed E-state index contributed by atoms with van der Waals surface area (Å²) in [5, 5.41) is 5.38. The number of ether oxygens (including phenoxy) is 1. The molecular formula is C22H31N3O5. The Morgan fingerprint density at radius 1 is 1.10 bits per heavy atom. The highest BCUT2D eigenvalue weighted by Gasteiger charge is 2.50. The van der Waals surface area contributed by atoms with Crippen LogP contribution in [0.3, 0.4) is 0 Å². The molecule has 4 amide bonds. The number of anilines is 1. The van der Waals surface area contributed by atoms with E-state index in [2.05, 4.69) is 24.5 Å². The van der Waals surface area contributed by atoms with Gasteiger partial charge in [-0.25, -0.2) is 4.79 Å². The van der Waals surface area contributed by atoms with Crippen LogP contribution in [-0.2, 0) is 19.1 Å². The lowest BCUT2D eigenvalue weighted by molar-refractivity contribution is -0.150. The van der Waals surface area contributed by atoms with Gasteiger partial charge in [0.15, 0.2) is 6.61 Å². The summed E-state index contributed by atoms with van der Waals surface area (Å²) in [6.45, 7) is 7.01. The standard InChI is InChI=1S/C22H31N3O5/c1-5-11-22(12-6-2)20(28)25(21(29)24-22)13-19(27)30-14-18(26)23-17-9-7-16(8-10-17)15(3)4/h7-10,15H,5-6,11-14H2,1-4H3,(H,23,26)(H,24,29). The first-order valence-electron chi connectivity index (χ1n) is 10.4. The summed E-state index contributed by atoms with van der Waals surface area (Å²) in [6, 6.07) is 6.80. The van der Waals surface area contributed by atoms with Crippen LogP contribution in [0.4, 0.5) is 10.5 Å². The fraction of sp³-hybridized carbons (Fsp3) is 0.545. The Labute approximate surface area is 177 Å². The highest BCUT2D eigenvalue weighted by molar-refractivity contribution is 6.08. The fourth-order valence-electron chi connectivity index (χ4n) is 3.61. The van der Waals surface area contributed by atoms with Crippen LogP contribution < -0.4 is 10.6 Å². The van der Waals surface area contributed by atoms with Crippen molar-refractivity contribution in [2.24, 2.45) is 0 Å². The molecule has 1 heterocycles. The summed E-state index contributed by atoms with van der Waals surface area (Å²) in [4.78, 5) is 50.0. The van der Waals surface area contributed by atoms with Crippen molar-refractivity contribution in [2.45, 2.75) is 64.8 Å². The molecule has 1 fully saturated rings. The molecule has 164 valence electrons. The van der Waals surface area contributed by atoms with Crippen molar-refractivity contribution < 1.29 is 23.9 Å². The van der Waals surface area contributed by atoms with Crippen molar-refractivity contribution in [3.05, 3.63) is 29.8 Å². The number of nitrogens with zero attached hydrogens (tertiary/aromatic N) is 1. The van der Waals surface area contributed by atoms with Crippen LogP contribution in [0.15, 0.2) is 24.3 Å². The third-order valence-electron chi connectivity index (χ3n) is 5.11. The summed E-state index contributed by atoms with van der Waals surface area (Å²) in [7, 11) is 0. The Bertz CT molecular complexity index is 782. The molecule has 0 atom stereocenters. The molecule has 1 aliphatic heterocycles. The Hall–Kier alpha value is -2.90. The largest absolute Gasteiger partial charge is 0.454 e. The quantitative estimate of drug-likeness (QED) is 0.449. The molecule has 8 heteroatoms. The zero-order valence-electron chi connectivity index (χ0n) is 18.1. The molecule has 0 aromatic heterocycles. The maximum atomic E-state index is 12.8. The van der Waals surface area contributed by atoms with Crippen LogP contribution in [0.2, 0.25) is 0 Å². The van der Waals surface area contributed by atoms with Crippen LogP contribution >= 0.6 is 0 Å². The summed E-state index contributed by atoms with van der Waals surface area (Å²) in [6.07, 6.45) is 2.47. The lowest BCUT2D eigenvalue weighted by Gasteiger charge is -2.25. The van der Waals surface area contributed by atoms with E-state index in [4.69, 9.17) is 4.74 Å².